The van der Waals surface area contributed by atoms with Gasteiger partial charge in [-0.25, -0.2) is 9.59 Å². The van der Waals surface area contributed by atoms with E-state index in [4.69, 9.17) is 0 Å². The molecule has 0 aromatic carbocycles. The number of carbonyl (C=O) groups excluding carboxylic acids is 1. The molecule has 12 heavy (non-hydrogen) atoms. The highest BCUT2D eigenvalue weighted by Gasteiger charge is 2.08. The van der Waals surface area contributed by atoms with Gasteiger partial charge >= 0.3 is 11.7 Å². The molecule has 0 saturated carbocycles. The fourth-order valence-electron chi connectivity index (χ4n) is 0.869. The third-order valence-electron chi connectivity index (χ3n) is 1.31. The summed E-state index contributed by atoms with van der Waals surface area (Å²) < 4.78 is 0. The van der Waals surface area contributed by atoms with Gasteiger partial charge in [-0.2, -0.15) is 9.98 Å². The summed E-state index contributed by atoms with van der Waals surface area (Å²) in [5.74, 6) is 0. The van der Waals surface area contributed by atoms with E-state index in [1.807, 2.05) is 4.98 Å². The first-order chi connectivity index (χ1) is 5.66. The number of urea groups is 1. The Labute approximate surface area is 63.5 Å². The molecule has 1 aliphatic heterocycles. The lowest BCUT2D eigenvalue weighted by Gasteiger charge is -1.78. The van der Waals surface area contributed by atoms with Gasteiger partial charge in [0, 0.05) is 0 Å². The van der Waals surface area contributed by atoms with Gasteiger partial charge in [0.25, 0.3) is 5.56 Å². The van der Waals surface area contributed by atoms with Crippen molar-refractivity contribution in [3.63, 3.8) is 0 Å². The summed E-state index contributed by atoms with van der Waals surface area (Å²) in [7, 11) is 0. The molecule has 2 N–H and O–H groups in total. The molecule has 0 bridgehead atoms. The average molecular weight is 166 g/mol. The van der Waals surface area contributed by atoms with Gasteiger partial charge in [0.15, 0.2) is 10.8 Å². The average Bonchev–Trinajstić information content (AvgIpc) is 2.29. The first kappa shape index (κ1) is 6.65. The highest BCUT2D eigenvalue weighted by atomic mass is 16.2. The quantitative estimate of drug-likeness (QED) is 0.442. The molecule has 1 aromatic heterocycles. The van der Waals surface area contributed by atoms with Crippen LogP contribution in [-0.4, -0.2) is 16.0 Å². The summed E-state index contributed by atoms with van der Waals surface area (Å²) in [4.78, 5) is 42.7. The maximum Gasteiger partial charge on any atom is 0.369 e. The molecular formula is C5H2N4O3. The second-order valence-corrected chi connectivity index (χ2v) is 2.11. The van der Waals surface area contributed by atoms with Crippen LogP contribution in [0.2, 0.25) is 0 Å². The van der Waals surface area contributed by atoms with Crippen LogP contribution in [0.4, 0.5) is 4.79 Å². The van der Waals surface area contributed by atoms with E-state index in [1.54, 1.807) is 0 Å². The molecule has 2 amide bonds. The van der Waals surface area contributed by atoms with Crippen LogP contribution in [-0.2, 0) is 0 Å². The summed E-state index contributed by atoms with van der Waals surface area (Å²) in [6.07, 6.45) is 0. The molecule has 0 spiro atoms. The molecule has 1 aromatic rings. The molecule has 1 aliphatic rings. The largest absolute Gasteiger partial charge is 0.369 e. The van der Waals surface area contributed by atoms with Crippen LogP contribution < -0.4 is 22.1 Å². The minimum atomic E-state index is -0.780. The van der Waals surface area contributed by atoms with Crippen molar-refractivity contribution in [2.75, 3.05) is 0 Å². The molecular weight excluding hydrogens is 164 g/mol. The van der Waals surface area contributed by atoms with E-state index >= 15 is 0 Å². The molecule has 7 heteroatoms. The van der Waals surface area contributed by atoms with Crippen LogP contribution in [0, 0.1) is 0 Å². The molecule has 60 valence electrons. The number of amides is 2. The Balaban J connectivity index is 3.15. The van der Waals surface area contributed by atoms with Crippen molar-refractivity contribution in [1.82, 2.24) is 9.97 Å². The van der Waals surface area contributed by atoms with Crippen molar-refractivity contribution in [1.29, 1.82) is 0 Å². The molecule has 0 aliphatic carbocycles. The van der Waals surface area contributed by atoms with Gasteiger partial charge in [0.1, 0.15) is 0 Å². The summed E-state index contributed by atoms with van der Waals surface area (Å²) in [5, 5.41) is -0.139. The molecule has 2 heterocycles. The van der Waals surface area contributed by atoms with Gasteiger partial charge < -0.3 is 0 Å². The van der Waals surface area contributed by atoms with Crippen LogP contribution in [0.3, 0.4) is 0 Å². The lowest BCUT2D eigenvalue weighted by molar-refractivity contribution is 0.256. The second-order valence-electron chi connectivity index (χ2n) is 2.11. The third-order valence-corrected chi connectivity index (χ3v) is 1.31. The van der Waals surface area contributed by atoms with Crippen LogP contribution in [0.1, 0.15) is 0 Å². The van der Waals surface area contributed by atoms with Crippen molar-refractivity contribution in [2.24, 2.45) is 9.98 Å². The van der Waals surface area contributed by atoms with Gasteiger partial charge in [0.05, 0.1) is 0 Å². The number of hydrogen-bond donors (Lipinski definition) is 2. The topological polar surface area (TPSA) is 108 Å². The smallest absolute Gasteiger partial charge is 0.290 e. The molecule has 0 atom stereocenters. The Morgan fingerprint density at radius 1 is 1.00 bits per heavy atom. The Morgan fingerprint density at radius 3 is 2.50 bits per heavy atom. The Bertz CT molecular complexity index is 578. The highest BCUT2D eigenvalue weighted by Crippen LogP contribution is 1.77. The van der Waals surface area contributed by atoms with Crippen LogP contribution in [0.5, 0.6) is 0 Å². The monoisotopic (exact) mass is 166 g/mol. The van der Waals surface area contributed by atoms with Gasteiger partial charge in [0.2, 0.25) is 0 Å². The fraction of sp³-hybridized carbons (Fsp3) is 0. The van der Waals surface area contributed by atoms with Crippen LogP contribution >= 0.6 is 0 Å². The van der Waals surface area contributed by atoms with Gasteiger partial charge in [-0.05, 0) is 0 Å². The Morgan fingerprint density at radius 2 is 1.75 bits per heavy atom. The number of rotatable bonds is 0. The van der Waals surface area contributed by atoms with Crippen LogP contribution in [0.25, 0.3) is 0 Å². The van der Waals surface area contributed by atoms with E-state index < -0.39 is 17.3 Å². The maximum atomic E-state index is 10.9. The van der Waals surface area contributed by atoms with Gasteiger partial charge in [-0.1, -0.05) is 0 Å². The molecule has 0 unspecified atom stereocenters. The number of carbonyl (C=O) groups is 1. The highest BCUT2D eigenvalue weighted by molar-refractivity contribution is 5.77. The van der Waals surface area contributed by atoms with E-state index in [1.165, 1.54) is 0 Å². The number of H-pyrrole nitrogens is 2. The van der Waals surface area contributed by atoms with Gasteiger partial charge in [-0.3, -0.25) is 14.8 Å². The SMILES string of the molecule is O=C1N=c2[nH]c(=O)[nH]c(=O)c2=N1. The van der Waals surface area contributed by atoms with E-state index in [2.05, 4.69) is 15.0 Å². The van der Waals surface area contributed by atoms with Crippen molar-refractivity contribution in [3.8, 4) is 0 Å². The molecule has 2 rings (SSSR count). The number of aromatic amines is 2. The number of aromatic nitrogens is 2. The van der Waals surface area contributed by atoms with Crippen molar-refractivity contribution < 1.29 is 4.79 Å². The second kappa shape index (κ2) is 1.97. The van der Waals surface area contributed by atoms with E-state index in [0.29, 0.717) is 0 Å². The first-order valence-electron chi connectivity index (χ1n) is 3.01. The number of nitrogens with zero attached hydrogens (tertiary/aromatic N) is 2. The predicted octanol–water partition coefficient (Wildman–Crippen LogP) is -2.56. The maximum absolute atomic E-state index is 10.9. The zero-order valence-corrected chi connectivity index (χ0v) is 5.62. The summed E-state index contributed by atoms with van der Waals surface area (Å²) >= 11 is 0. The summed E-state index contributed by atoms with van der Waals surface area (Å²) in [5.41, 5.74) is -1.48. The zero-order chi connectivity index (χ0) is 8.72. The first-order valence-corrected chi connectivity index (χ1v) is 3.01. The molecule has 7 nitrogen and oxygen atoms in total. The minimum Gasteiger partial charge on any atom is -0.290 e. The van der Waals surface area contributed by atoms with Crippen molar-refractivity contribution in [2.45, 2.75) is 0 Å². The normalized spacial score (nSPS) is 13.5. The predicted molar refractivity (Wildman–Crippen MR) is 35.4 cm³/mol. The molecule has 0 saturated heterocycles. The van der Waals surface area contributed by atoms with Crippen molar-refractivity contribution in [3.05, 3.63) is 31.7 Å². The van der Waals surface area contributed by atoms with E-state index in [9.17, 15) is 14.4 Å². The zero-order valence-electron chi connectivity index (χ0n) is 5.62. The third kappa shape index (κ3) is 0.797. The minimum absolute atomic E-state index is 0.0752. The van der Waals surface area contributed by atoms with E-state index in [-0.39, 0.29) is 10.8 Å². The van der Waals surface area contributed by atoms with E-state index in [0.717, 1.165) is 0 Å². The lowest BCUT2D eigenvalue weighted by Crippen LogP contribution is -2.46. The van der Waals surface area contributed by atoms with Crippen LogP contribution in [0.15, 0.2) is 19.6 Å². The summed E-state index contributed by atoms with van der Waals surface area (Å²) in [6.45, 7) is 0. The Kier molecular flexibility index (Phi) is 1.09. The summed E-state index contributed by atoms with van der Waals surface area (Å²) in [6, 6.07) is -0.780. The van der Waals surface area contributed by atoms with Gasteiger partial charge in [-0.15, -0.1) is 0 Å². The molecule has 0 radical (unpaired) electrons. The van der Waals surface area contributed by atoms with Crippen molar-refractivity contribution >= 4 is 6.03 Å². The fourth-order valence-corrected chi connectivity index (χ4v) is 0.869. The number of fused-ring (bicyclic) bond motifs is 1. The number of hydrogen-bond acceptors (Lipinski definition) is 3. The Hall–Kier alpha value is -2.05. The lowest BCUT2D eigenvalue weighted by atomic mass is 10.6. The number of nitrogens with one attached hydrogen (secondary N) is 2. The standard InChI is InChI=1S/C5H2N4O3/c10-3-1-2(7-4(11)6-1)8-5(12)9-3/h(H2,7,8,9,10,11,12). The molecule has 0 fully saturated rings.